The molecule has 0 saturated carbocycles. The summed E-state index contributed by atoms with van der Waals surface area (Å²) >= 11 is 0. The van der Waals surface area contributed by atoms with Crippen LogP contribution in [0.1, 0.15) is 78.1 Å². The second-order valence-corrected chi connectivity index (χ2v) is 14.0. The van der Waals surface area contributed by atoms with Crippen LogP contribution in [0.3, 0.4) is 0 Å². The SMILES string of the molecule is C=CC1=C(C)c2cc3[nH]c(cc4nc(cc5[nH]c(cc1n2)c(C)c5CCC(=O)OCCN(C)C)C(CCC(=O)OCCN(C)C)=C4C)c(C)c3C=C. The van der Waals surface area contributed by atoms with Crippen molar-refractivity contribution in [1.29, 1.82) is 0 Å². The molecule has 5 rings (SSSR count). The standard InChI is InChI=1S/C42H52N6O4/c1-11-29-25(3)33-21-34-27(5)31(13-15-41(49)51-19-17-47(7)8)39(45-34)24-40-32(14-16-42(50)52-20-18-48(9)10)28(6)36(46-40)23-38-30(12-2)26(4)35(44-38)22-37(29)43-33/h11-12,21-24,43,46H,1-2,13-20H2,3-10H3. The van der Waals surface area contributed by atoms with Gasteiger partial charge in [0.2, 0.25) is 0 Å². The Hall–Kier alpha value is -5.06. The molecule has 2 N–H and O–H groups in total. The number of aryl methyl sites for hydroxylation is 3. The predicted octanol–water partition coefficient (Wildman–Crippen LogP) is 7.54. The van der Waals surface area contributed by atoms with Gasteiger partial charge < -0.3 is 29.2 Å². The fourth-order valence-corrected chi connectivity index (χ4v) is 6.59. The van der Waals surface area contributed by atoms with Crippen molar-refractivity contribution < 1.29 is 19.1 Å². The van der Waals surface area contributed by atoms with E-state index < -0.39 is 0 Å². The molecule has 0 aromatic carbocycles. The lowest BCUT2D eigenvalue weighted by Gasteiger charge is -2.10. The maximum atomic E-state index is 12.8. The molecule has 274 valence electrons. The summed E-state index contributed by atoms with van der Waals surface area (Å²) in [4.78, 5) is 47.1. The Morgan fingerprint density at radius 3 is 1.81 bits per heavy atom. The maximum Gasteiger partial charge on any atom is 0.306 e. The average molecular weight is 705 g/mol. The minimum Gasteiger partial charge on any atom is -0.464 e. The number of ether oxygens (including phenoxy) is 2. The zero-order valence-corrected chi connectivity index (χ0v) is 32.0. The van der Waals surface area contributed by atoms with Crippen molar-refractivity contribution in [1.82, 2.24) is 29.7 Å². The topological polar surface area (TPSA) is 116 Å². The molecule has 52 heavy (non-hydrogen) atoms. The van der Waals surface area contributed by atoms with Gasteiger partial charge in [0.15, 0.2) is 0 Å². The molecule has 3 aromatic heterocycles. The summed E-state index contributed by atoms with van der Waals surface area (Å²) in [5.41, 5.74) is 14.7. The Morgan fingerprint density at radius 2 is 1.19 bits per heavy atom. The smallest absolute Gasteiger partial charge is 0.306 e. The number of esters is 2. The number of hydrogen-bond acceptors (Lipinski definition) is 8. The van der Waals surface area contributed by atoms with E-state index in [1.807, 2.05) is 62.3 Å². The molecule has 10 nitrogen and oxygen atoms in total. The predicted molar refractivity (Wildman–Crippen MR) is 212 cm³/mol. The first kappa shape index (κ1) is 38.2. The molecule has 10 heteroatoms. The van der Waals surface area contributed by atoms with E-state index in [0.29, 0.717) is 39.1 Å². The van der Waals surface area contributed by atoms with Gasteiger partial charge in [-0.05, 0) is 126 Å². The number of aromatic nitrogens is 4. The molecule has 3 aromatic rings. The van der Waals surface area contributed by atoms with Gasteiger partial charge in [0.05, 0.1) is 22.8 Å². The minimum atomic E-state index is -0.246. The van der Waals surface area contributed by atoms with E-state index in [0.717, 1.165) is 89.4 Å². The zero-order chi connectivity index (χ0) is 37.7. The first-order chi connectivity index (χ1) is 24.8. The number of carbonyl (C=O) groups is 2. The van der Waals surface area contributed by atoms with Gasteiger partial charge in [-0.1, -0.05) is 25.3 Å². The van der Waals surface area contributed by atoms with Gasteiger partial charge in [-0.15, -0.1) is 0 Å². The van der Waals surface area contributed by atoms with E-state index in [1.54, 1.807) is 0 Å². The lowest BCUT2D eigenvalue weighted by molar-refractivity contribution is -0.144. The van der Waals surface area contributed by atoms with Crippen molar-refractivity contribution in [3.05, 3.63) is 88.5 Å². The third-order valence-corrected chi connectivity index (χ3v) is 9.80. The van der Waals surface area contributed by atoms with E-state index in [9.17, 15) is 9.59 Å². The highest BCUT2D eigenvalue weighted by molar-refractivity contribution is 5.98. The molecule has 8 bridgehead atoms. The van der Waals surface area contributed by atoms with Gasteiger partial charge in [0.1, 0.15) is 13.2 Å². The third-order valence-electron chi connectivity index (χ3n) is 9.80. The van der Waals surface area contributed by atoms with Crippen LogP contribution in [-0.2, 0) is 25.5 Å². The quantitative estimate of drug-likeness (QED) is 0.165. The van der Waals surface area contributed by atoms with Crippen LogP contribution in [0, 0.1) is 13.8 Å². The number of hydrogen-bond donors (Lipinski definition) is 2. The summed E-state index contributed by atoms with van der Waals surface area (Å²) in [5.74, 6) is -0.490. The monoisotopic (exact) mass is 704 g/mol. The van der Waals surface area contributed by atoms with Crippen LogP contribution in [-0.4, -0.2) is 96.2 Å². The van der Waals surface area contributed by atoms with Crippen LogP contribution in [0.25, 0.3) is 50.4 Å². The molecule has 2 aliphatic heterocycles. The highest BCUT2D eigenvalue weighted by Gasteiger charge is 2.21. The third kappa shape index (κ3) is 8.52. The molecule has 0 spiro atoms. The number of nitrogens with one attached hydrogen (secondary N) is 2. The van der Waals surface area contributed by atoms with Gasteiger partial charge in [-0.3, -0.25) is 9.59 Å². The van der Waals surface area contributed by atoms with Crippen molar-refractivity contribution >= 4 is 62.4 Å². The fraction of sp³-hybridized carbons (Fsp3) is 0.381. The van der Waals surface area contributed by atoms with Gasteiger partial charge in [-0.2, -0.15) is 0 Å². The first-order valence-electron chi connectivity index (χ1n) is 17.8. The van der Waals surface area contributed by atoms with Gasteiger partial charge in [-0.25, -0.2) is 9.97 Å². The van der Waals surface area contributed by atoms with Gasteiger partial charge >= 0.3 is 11.9 Å². The molecule has 0 fully saturated rings. The number of H-pyrrole nitrogens is 2. The summed E-state index contributed by atoms with van der Waals surface area (Å²) in [6, 6.07) is 8.21. The van der Waals surface area contributed by atoms with E-state index in [1.165, 1.54) is 0 Å². The molecule has 0 atom stereocenters. The van der Waals surface area contributed by atoms with Crippen molar-refractivity contribution in [3.63, 3.8) is 0 Å². The Balaban J connectivity index is 1.72. The Labute approximate surface area is 307 Å². The summed E-state index contributed by atoms with van der Waals surface area (Å²) in [6.07, 6.45) is 5.11. The van der Waals surface area contributed by atoms with Crippen LogP contribution in [0.4, 0.5) is 0 Å². The van der Waals surface area contributed by atoms with E-state index in [2.05, 4.69) is 63.0 Å². The first-order valence-corrected chi connectivity index (χ1v) is 17.8. The lowest BCUT2D eigenvalue weighted by Crippen LogP contribution is -2.20. The second-order valence-electron chi connectivity index (χ2n) is 14.0. The molecule has 2 aliphatic rings. The van der Waals surface area contributed by atoms with E-state index in [-0.39, 0.29) is 24.8 Å². The molecule has 0 saturated heterocycles. The zero-order valence-electron chi connectivity index (χ0n) is 32.0. The molecule has 5 heterocycles. The van der Waals surface area contributed by atoms with Crippen LogP contribution in [0.2, 0.25) is 0 Å². The molecular weight excluding hydrogens is 652 g/mol. The molecular formula is C42H52N6O4. The van der Waals surface area contributed by atoms with Gasteiger partial charge in [0, 0.05) is 59.1 Å². The highest BCUT2D eigenvalue weighted by Crippen LogP contribution is 2.36. The van der Waals surface area contributed by atoms with Crippen LogP contribution < -0.4 is 0 Å². The number of fused-ring (bicyclic) bond motifs is 8. The Morgan fingerprint density at radius 1 is 0.673 bits per heavy atom. The van der Waals surface area contributed by atoms with Crippen molar-refractivity contribution in [3.8, 4) is 0 Å². The Bertz CT molecular complexity index is 2130. The van der Waals surface area contributed by atoms with E-state index >= 15 is 0 Å². The fourth-order valence-electron chi connectivity index (χ4n) is 6.59. The van der Waals surface area contributed by atoms with Crippen LogP contribution >= 0.6 is 0 Å². The maximum absolute atomic E-state index is 12.8. The van der Waals surface area contributed by atoms with Crippen molar-refractivity contribution in [2.75, 3.05) is 54.5 Å². The normalized spacial score (nSPS) is 13.0. The van der Waals surface area contributed by atoms with E-state index in [4.69, 9.17) is 19.4 Å². The number of rotatable bonds is 14. The second kappa shape index (κ2) is 16.5. The highest BCUT2D eigenvalue weighted by atomic mass is 16.5. The summed E-state index contributed by atoms with van der Waals surface area (Å²) < 4.78 is 11.1. The van der Waals surface area contributed by atoms with Crippen molar-refractivity contribution in [2.45, 2.75) is 53.4 Å². The lowest BCUT2D eigenvalue weighted by atomic mass is 10.00. The average Bonchev–Trinajstić information content (AvgIpc) is 3.75. The molecule has 0 amide bonds. The Kier molecular flexibility index (Phi) is 12.1. The summed E-state index contributed by atoms with van der Waals surface area (Å²) in [5, 5.41) is 0. The molecule has 0 radical (unpaired) electrons. The summed E-state index contributed by atoms with van der Waals surface area (Å²) in [6.45, 7) is 18.5. The number of aromatic amines is 2. The number of allylic oxidation sites excluding steroid dienone is 5. The van der Waals surface area contributed by atoms with Crippen molar-refractivity contribution in [2.24, 2.45) is 0 Å². The van der Waals surface area contributed by atoms with Crippen LogP contribution in [0.5, 0.6) is 0 Å². The summed E-state index contributed by atoms with van der Waals surface area (Å²) in [7, 11) is 7.79. The number of carbonyl (C=O) groups excluding carboxylic acids is 2. The number of likely N-dealkylation sites (N-methyl/N-ethyl adjacent to an activating group) is 2. The molecule has 0 unspecified atom stereocenters. The minimum absolute atomic E-state index is 0.227. The van der Waals surface area contributed by atoms with Crippen LogP contribution in [0.15, 0.2) is 43.5 Å². The van der Waals surface area contributed by atoms with Gasteiger partial charge in [0.25, 0.3) is 0 Å². The largest absolute Gasteiger partial charge is 0.464 e. The number of nitrogens with zero attached hydrogens (tertiary/aromatic N) is 4. The molecule has 0 aliphatic carbocycles.